The van der Waals surface area contributed by atoms with Crippen molar-refractivity contribution in [2.75, 3.05) is 19.6 Å². The van der Waals surface area contributed by atoms with Crippen molar-refractivity contribution in [2.45, 2.75) is 37.6 Å². The minimum Gasteiger partial charge on any atom is -0.341 e. The van der Waals surface area contributed by atoms with Gasteiger partial charge in [-0.3, -0.25) is 9.89 Å². The summed E-state index contributed by atoms with van der Waals surface area (Å²) in [6, 6.07) is 2.12. The zero-order chi connectivity index (χ0) is 12.4. The number of hydrogen-bond acceptors (Lipinski definition) is 3. The van der Waals surface area contributed by atoms with E-state index in [4.69, 9.17) is 0 Å². The van der Waals surface area contributed by atoms with Crippen LogP contribution < -0.4 is 5.32 Å². The van der Waals surface area contributed by atoms with Crippen molar-refractivity contribution >= 4 is 5.91 Å². The Morgan fingerprint density at radius 2 is 2.17 bits per heavy atom. The number of carbonyl (C=O) groups is 1. The smallest absolute Gasteiger partial charge is 0.239 e. The molecule has 3 heterocycles. The molecule has 0 unspecified atom stereocenters. The van der Waals surface area contributed by atoms with Gasteiger partial charge in [-0.15, -0.1) is 0 Å². The van der Waals surface area contributed by atoms with Gasteiger partial charge in [0.25, 0.3) is 0 Å². The van der Waals surface area contributed by atoms with Crippen molar-refractivity contribution in [2.24, 2.45) is 0 Å². The normalized spacial score (nSPS) is 25.6. The van der Waals surface area contributed by atoms with Gasteiger partial charge in [0.15, 0.2) is 0 Å². The number of likely N-dealkylation sites (tertiary alicyclic amines) is 1. The van der Waals surface area contributed by atoms with Crippen LogP contribution in [0, 0.1) is 0 Å². The number of nitrogens with zero attached hydrogens (tertiary/aromatic N) is 2. The highest BCUT2D eigenvalue weighted by atomic mass is 16.2. The summed E-state index contributed by atoms with van der Waals surface area (Å²) in [5, 5.41) is 10.3. The Kier molecular flexibility index (Phi) is 3.32. The molecule has 2 fully saturated rings. The standard InChI is InChI=1S/C13H20N4O/c18-13(12-2-1-6-14-12)17-8-4-10(5-9-17)11-3-7-15-16-11/h3,7,10,12,14H,1-2,4-6,8-9H2,(H,15,16)/t12-/m0/s1. The van der Waals surface area contributed by atoms with Gasteiger partial charge < -0.3 is 10.2 Å². The van der Waals surface area contributed by atoms with E-state index in [2.05, 4.69) is 15.5 Å². The Hall–Kier alpha value is -1.36. The van der Waals surface area contributed by atoms with Gasteiger partial charge >= 0.3 is 0 Å². The van der Waals surface area contributed by atoms with E-state index in [-0.39, 0.29) is 6.04 Å². The highest BCUT2D eigenvalue weighted by Crippen LogP contribution is 2.26. The number of H-pyrrole nitrogens is 1. The van der Waals surface area contributed by atoms with Crippen molar-refractivity contribution in [3.8, 4) is 0 Å². The third-order valence-corrected chi connectivity index (χ3v) is 4.13. The zero-order valence-electron chi connectivity index (χ0n) is 10.6. The van der Waals surface area contributed by atoms with Crippen LogP contribution in [0.3, 0.4) is 0 Å². The van der Waals surface area contributed by atoms with Gasteiger partial charge in [-0.1, -0.05) is 0 Å². The molecule has 0 radical (unpaired) electrons. The Labute approximate surface area is 107 Å². The first-order valence-corrected chi connectivity index (χ1v) is 6.86. The minimum absolute atomic E-state index is 0.0775. The molecular weight excluding hydrogens is 228 g/mol. The molecule has 18 heavy (non-hydrogen) atoms. The molecule has 2 saturated heterocycles. The topological polar surface area (TPSA) is 61.0 Å². The number of hydrogen-bond donors (Lipinski definition) is 2. The molecule has 5 heteroatoms. The van der Waals surface area contributed by atoms with Gasteiger partial charge in [-0.2, -0.15) is 5.10 Å². The lowest BCUT2D eigenvalue weighted by Gasteiger charge is -2.33. The predicted molar refractivity (Wildman–Crippen MR) is 68.2 cm³/mol. The highest BCUT2D eigenvalue weighted by molar-refractivity contribution is 5.82. The van der Waals surface area contributed by atoms with Crippen LogP contribution in [0.15, 0.2) is 12.3 Å². The number of piperidine rings is 1. The number of aromatic nitrogens is 2. The van der Waals surface area contributed by atoms with E-state index >= 15 is 0 Å². The Morgan fingerprint density at radius 3 is 2.78 bits per heavy atom. The molecule has 2 aliphatic rings. The second-order valence-electron chi connectivity index (χ2n) is 5.26. The van der Waals surface area contributed by atoms with Crippen LogP contribution in [0.1, 0.15) is 37.3 Å². The van der Waals surface area contributed by atoms with Gasteiger partial charge in [0.05, 0.1) is 6.04 Å². The number of rotatable bonds is 2. The van der Waals surface area contributed by atoms with E-state index in [1.807, 2.05) is 11.0 Å². The van der Waals surface area contributed by atoms with Gasteiger partial charge in [0, 0.05) is 30.9 Å². The summed E-state index contributed by atoms with van der Waals surface area (Å²) < 4.78 is 0. The van der Waals surface area contributed by atoms with Crippen LogP contribution in [0.2, 0.25) is 0 Å². The molecule has 1 atom stereocenters. The van der Waals surface area contributed by atoms with Crippen molar-refractivity contribution in [3.05, 3.63) is 18.0 Å². The van der Waals surface area contributed by atoms with E-state index in [1.54, 1.807) is 6.20 Å². The quantitative estimate of drug-likeness (QED) is 0.816. The first-order chi connectivity index (χ1) is 8.84. The van der Waals surface area contributed by atoms with Crippen molar-refractivity contribution in [1.82, 2.24) is 20.4 Å². The molecule has 0 aliphatic carbocycles. The lowest BCUT2D eigenvalue weighted by atomic mass is 9.93. The van der Waals surface area contributed by atoms with E-state index in [1.165, 1.54) is 5.69 Å². The average Bonchev–Trinajstić information content (AvgIpc) is 3.11. The van der Waals surface area contributed by atoms with Crippen molar-refractivity contribution < 1.29 is 4.79 Å². The van der Waals surface area contributed by atoms with Crippen LogP contribution in [-0.4, -0.2) is 46.7 Å². The van der Waals surface area contributed by atoms with Crippen LogP contribution >= 0.6 is 0 Å². The SMILES string of the molecule is O=C([C@@H]1CCCN1)N1CCC(c2ccn[nH]2)CC1. The zero-order valence-corrected chi connectivity index (χ0v) is 10.6. The summed E-state index contributed by atoms with van der Waals surface area (Å²) >= 11 is 0. The molecule has 3 rings (SSSR count). The van der Waals surface area contributed by atoms with Gasteiger partial charge in [-0.25, -0.2) is 0 Å². The van der Waals surface area contributed by atoms with Crippen LogP contribution in [0.25, 0.3) is 0 Å². The molecule has 2 N–H and O–H groups in total. The fourth-order valence-corrected chi connectivity index (χ4v) is 3.02. The first kappa shape index (κ1) is 11.7. The fourth-order valence-electron chi connectivity index (χ4n) is 3.02. The molecule has 1 aromatic heterocycles. The third kappa shape index (κ3) is 2.27. The summed E-state index contributed by atoms with van der Waals surface area (Å²) in [7, 11) is 0. The summed E-state index contributed by atoms with van der Waals surface area (Å²) in [6.45, 7) is 2.74. The first-order valence-electron chi connectivity index (χ1n) is 6.86. The Morgan fingerprint density at radius 1 is 1.33 bits per heavy atom. The molecule has 1 aromatic rings. The molecule has 0 saturated carbocycles. The maximum Gasteiger partial charge on any atom is 0.239 e. The van der Waals surface area contributed by atoms with Crippen LogP contribution in [0.4, 0.5) is 0 Å². The number of carbonyl (C=O) groups excluding carboxylic acids is 1. The highest BCUT2D eigenvalue weighted by Gasteiger charge is 2.30. The Bertz CT molecular complexity index is 389. The molecule has 0 spiro atoms. The van der Waals surface area contributed by atoms with Crippen molar-refractivity contribution in [1.29, 1.82) is 0 Å². The molecule has 2 aliphatic heterocycles. The van der Waals surface area contributed by atoms with E-state index in [9.17, 15) is 4.79 Å². The van der Waals surface area contributed by atoms with E-state index in [0.29, 0.717) is 11.8 Å². The summed E-state index contributed by atoms with van der Waals surface area (Å²) in [4.78, 5) is 14.3. The van der Waals surface area contributed by atoms with Gasteiger partial charge in [-0.05, 0) is 38.3 Å². The molecule has 0 aromatic carbocycles. The second kappa shape index (κ2) is 5.10. The largest absolute Gasteiger partial charge is 0.341 e. The molecule has 1 amide bonds. The summed E-state index contributed by atoms with van der Waals surface area (Å²) in [5.41, 5.74) is 1.21. The molecule has 98 valence electrons. The monoisotopic (exact) mass is 248 g/mol. The Balaban J connectivity index is 1.55. The molecule has 0 bridgehead atoms. The number of amides is 1. The maximum absolute atomic E-state index is 12.2. The van der Waals surface area contributed by atoms with Crippen LogP contribution in [-0.2, 0) is 4.79 Å². The minimum atomic E-state index is 0.0775. The lowest BCUT2D eigenvalue weighted by Crippen LogP contribution is -2.46. The second-order valence-corrected chi connectivity index (χ2v) is 5.26. The fraction of sp³-hybridized carbons (Fsp3) is 0.692. The summed E-state index contributed by atoms with van der Waals surface area (Å²) in [5.74, 6) is 0.837. The number of nitrogens with one attached hydrogen (secondary N) is 2. The van der Waals surface area contributed by atoms with Crippen LogP contribution in [0.5, 0.6) is 0 Å². The van der Waals surface area contributed by atoms with E-state index < -0.39 is 0 Å². The molecular formula is C13H20N4O. The van der Waals surface area contributed by atoms with Gasteiger partial charge in [0.2, 0.25) is 5.91 Å². The van der Waals surface area contributed by atoms with Gasteiger partial charge in [0.1, 0.15) is 0 Å². The van der Waals surface area contributed by atoms with E-state index in [0.717, 1.165) is 45.3 Å². The summed E-state index contributed by atoms with van der Waals surface area (Å²) in [6.07, 6.45) is 6.01. The maximum atomic E-state index is 12.2. The number of aromatic amines is 1. The average molecular weight is 248 g/mol. The van der Waals surface area contributed by atoms with Crippen molar-refractivity contribution in [3.63, 3.8) is 0 Å². The third-order valence-electron chi connectivity index (χ3n) is 4.13. The predicted octanol–water partition coefficient (Wildman–Crippen LogP) is 0.868. The lowest BCUT2D eigenvalue weighted by molar-refractivity contribution is -0.134. The molecule has 5 nitrogen and oxygen atoms in total.